The van der Waals surface area contributed by atoms with E-state index in [1.165, 1.54) is 22.5 Å². The van der Waals surface area contributed by atoms with Gasteiger partial charge in [0, 0.05) is 18.7 Å². The van der Waals surface area contributed by atoms with Crippen molar-refractivity contribution >= 4 is 50.3 Å². The lowest BCUT2D eigenvalue weighted by Gasteiger charge is -2.20. The van der Waals surface area contributed by atoms with E-state index >= 15 is 0 Å². The van der Waals surface area contributed by atoms with Gasteiger partial charge >= 0.3 is 0 Å². The molecule has 3 aromatic rings. The molecule has 32 heavy (non-hydrogen) atoms. The minimum Gasteiger partial charge on any atom is -0.342 e. The number of sulfonamides is 1. The molecule has 1 atom stereocenters. The van der Waals surface area contributed by atoms with Crippen molar-refractivity contribution in [2.45, 2.75) is 31.2 Å². The van der Waals surface area contributed by atoms with Crippen molar-refractivity contribution < 1.29 is 13.2 Å². The Labute approximate surface area is 198 Å². The number of benzene rings is 2. The smallest absolute Gasteiger partial charge is 0.251 e. The summed E-state index contributed by atoms with van der Waals surface area (Å²) in [4.78, 5) is 20.9. The molecule has 3 rings (SSSR count). The molecule has 7 nitrogen and oxygen atoms in total. The van der Waals surface area contributed by atoms with Crippen molar-refractivity contribution in [1.82, 2.24) is 19.6 Å². The minimum absolute atomic E-state index is 0.0695. The number of hydrogen-bond acceptors (Lipinski definition) is 5. The monoisotopic (exact) mass is 494 g/mol. The number of aromatic amines is 1. The second kappa shape index (κ2) is 10.7. The zero-order valence-electron chi connectivity index (χ0n) is 18.3. The van der Waals surface area contributed by atoms with E-state index in [9.17, 15) is 13.2 Å². The summed E-state index contributed by atoms with van der Waals surface area (Å²) >= 11 is 7.88. The zero-order valence-corrected chi connectivity index (χ0v) is 20.6. The van der Waals surface area contributed by atoms with Crippen molar-refractivity contribution in [3.8, 4) is 0 Å². The quantitative estimate of drug-likeness (QED) is 0.433. The van der Waals surface area contributed by atoms with Crippen LogP contribution in [0, 0.1) is 0 Å². The molecule has 0 radical (unpaired) electrons. The highest BCUT2D eigenvalue weighted by Crippen LogP contribution is 2.27. The average Bonchev–Trinajstić information content (AvgIpc) is 3.21. The number of carbonyl (C=O) groups is 1. The van der Waals surface area contributed by atoms with Crippen LogP contribution in [0.5, 0.6) is 0 Å². The molecule has 10 heteroatoms. The molecule has 0 aliphatic rings. The first-order valence-corrected chi connectivity index (χ1v) is 13.6. The summed E-state index contributed by atoms with van der Waals surface area (Å²) in [5.41, 5.74) is 1.94. The van der Waals surface area contributed by atoms with Crippen LogP contribution in [0.3, 0.4) is 0 Å². The zero-order chi connectivity index (χ0) is 23.3. The Morgan fingerprint density at radius 3 is 2.59 bits per heavy atom. The molecular weight excluding hydrogens is 468 g/mol. The first-order valence-electron chi connectivity index (χ1n) is 10.4. The molecule has 0 saturated heterocycles. The molecule has 0 saturated carbocycles. The van der Waals surface area contributed by atoms with Crippen LogP contribution in [0.2, 0.25) is 5.02 Å². The molecular formula is C22H27ClN4O3S2. The van der Waals surface area contributed by atoms with Gasteiger partial charge in [-0.25, -0.2) is 13.4 Å². The molecule has 1 aromatic heterocycles. The highest BCUT2D eigenvalue weighted by molar-refractivity contribution is 7.98. The largest absolute Gasteiger partial charge is 0.342 e. The SMILES string of the molecule is CCN(CC)S(=O)(=O)c1cc(C(=O)NC(CCSC)c2nc3ccccc3[nH]2)ccc1Cl. The van der Waals surface area contributed by atoms with Gasteiger partial charge in [0.1, 0.15) is 10.7 Å². The summed E-state index contributed by atoms with van der Waals surface area (Å²) in [7, 11) is -3.80. The predicted octanol–water partition coefficient (Wildman–Crippen LogP) is 4.47. The molecule has 2 aromatic carbocycles. The number of carbonyl (C=O) groups excluding carboxylic acids is 1. The van der Waals surface area contributed by atoms with E-state index in [0.717, 1.165) is 16.8 Å². The first-order chi connectivity index (χ1) is 15.3. The van der Waals surface area contributed by atoms with Crippen LogP contribution in [-0.4, -0.2) is 53.7 Å². The van der Waals surface area contributed by atoms with Crippen molar-refractivity contribution in [2.24, 2.45) is 0 Å². The number of aromatic nitrogens is 2. The fourth-order valence-corrected chi connectivity index (χ4v) is 5.87. The third-order valence-corrected chi connectivity index (χ3v) is 8.35. The average molecular weight is 495 g/mol. The van der Waals surface area contributed by atoms with Gasteiger partial charge in [-0.2, -0.15) is 16.1 Å². The number of rotatable bonds is 10. The summed E-state index contributed by atoms with van der Waals surface area (Å²) < 4.78 is 27.2. The minimum atomic E-state index is -3.80. The van der Waals surface area contributed by atoms with Crippen LogP contribution in [0.1, 0.15) is 42.5 Å². The highest BCUT2D eigenvalue weighted by Gasteiger charge is 2.26. The van der Waals surface area contributed by atoms with Crippen molar-refractivity contribution in [1.29, 1.82) is 0 Å². The van der Waals surface area contributed by atoms with Crippen LogP contribution in [0.15, 0.2) is 47.4 Å². The number of thioether (sulfide) groups is 1. The van der Waals surface area contributed by atoms with Crippen molar-refractivity contribution in [3.05, 3.63) is 58.9 Å². The number of fused-ring (bicyclic) bond motifs is 1. The van der Waals surface area contributed by atoms with E-state index in [2.05, 4.69) is 15.3 Å². The molecule has 0 fully saturated rings. The number of nitrogens with zero attached hydrogens (tertiary/aromatic N) is 2. The van der Waals surface area contributed by atoms with Gasteiger partial charge in [-0.3, -0.25) is 4.79 Å². The molecule has 0 aliphatic carbocycles. The Morgan fingerprint density at radius 2 is 1.94 bits per heavy atom. The highest BCUT2D eigenvalue weighted by atomic mass is 35.5. The standard InChI is InChI=1S/C22H27ClN4O3S2/c1-4-27(5-2)32(29,30)20-14-15(10-11-16(20)23)22(28)26-19(12-13-31-3)21-24-17-8-6-7-9-18(17)25-21/h6-11,14,19H,4-5,12-13H2,1-3H3,(H,24,25)(H,26,28). The van der Waals surface area contributed by atoms with Gasteiger partial charge in [-0.15, -0.1) is 0 Å². The summed E-state index contributed by atoms with van der Waals surface area (Å²) in [6, 6.07) is 11.7. The fraction of sp³-hybridized carbons (Fsp3) is 0.364. The second-order valence-corrected chi connectivity index (χ2v) is 10.5. The Kier molecular flexibility index (Phi) is 8.21. The number of halogens is 1. The van der Waals surface area contributed by atoms with Gasteiger partial charge in [0.25, 0.3) is 5.91 Å². The van der Waals surface area contributed by atoms with Crippen LogP contribution in [0.25, 0.3) is 11.0 Å². The Balaban J connectivity index is 1.91. The second-order valence-electron chi connectivity index (χ2n) is 7.18. The lowest BCUT2D eigenvalue weighted by molar-refractivity contribution is 0.0934. The topological polar surface area (TPSA) is 95.2 Å². The van der Waals surface area contributed by atoms with Gasteiger partial charge in [0.2, 0.25) is 10.0 Å². The number of H-pyrrole nitrogens is 1. The third-order valence-electron chi connectivity index (χ3n) is 5.17. The summed E-state index contributed by atoms with van der Waals surface area (Å²) in [6.45, 7) is 4.15. The normalized spacial score (nSPS) is 12.9. The van der Waals surface area contributed by atoms with Gasteiger partial charge in [-0.1, -0.05) is 37.6 Å². The molecule has 1 amide bonds. The van der Waals surface area contributed by atoms with E-state index in [0.29, 0.717) is 25.3 Å². The molecule has 0 spiro atoms. The molecule has 2 N–H and O–H groups in total. The van der Waals surface area contributed by atoms with Crippen molar-refractivity contribution in [2.75, 3.05) is 25.1 Å². The van der Waals surface area contributed by atoms with E-state index < -0.39 is 10.0 Å². The Morgan fingerprint density at radius 1 is 1.22 bits per heavy atom. The van der Waals surface area contributed by atoms with Crippen LogP contribution in [-0.2, 0) is 10.0 Å². The van der Waals surface area contributed by atoms with Gasteiger partial charge < -0.3 is 10.3 Å². The van der Waals surface area contributed by atoms with Gasteiger partial charge in [0.05, 0.1) is 22.1 Å². The number of amides is 1. The number of imidazole rings is 1. The molecule has 0 bridgehead atoms. The maximum atomic E-state index is 13.1. The van der Waals surface area contributed by atoms with Crippen LogP contribution < -0.4 is 5.32 Å². The van der Waals surface area contributed by atoms with Gasteiger partial charge in [0.15, 0.2) is 0 Å². The lowest BCUT2D eigenvalue weighted by atomic mass is 10.1. The van der Waals surface area contributed by atoms with E-state index in [-0.39, 0.29) is 27.4 Å². The van der Waals surface area contributed by atoms with Crippen LogP contribution in [0.4, 0.5) is 0 Å². The third kappa shape index (κ3) is 5.28. The molecule has 1 unspecified atom stereocenters. The molecule has 0 aliphatic heterocycles. The summed E-state index contributed by atoms with van der Waals surface area (Å²) in [6.07, 6.45) is 2.67. The maximum Gasteiger partial charge on any atom is 0.251 e. The number of nitrogens with one attached hydrogen (secondary N) is 2. The van der Waals surface area contributed by atoms with E-state index in [4.69, 9.17) is 11.6 Å². The number of hydrogen-bond donors (Lipinski definition) is 2. The lowest BCUT2D eigenvalue weighted by Crippen LogP contribution is -2.32. The predicted molar refractivity (Wildman–Crippen MR) is 131 cm³/mol. The number of para-hydroxylation sites is 2. The Hall–Kier alpha value is -2.07. The Bertz CT molecular complexity index is 1160. The first kappa shape index (κ1) is 24.6. The van der Waals surface area contributed by atoms with E-state index in [1.807, 2.05) is 30.5 Å². The van der Waals surface area contributed by atoms with Crippen LogP contribution >= 0.6 is 23.4 Å². The summed E-state index contributed by atoms with van der Waals surface area (Å²) in [5, 5.41) is 3.09. The molecule has 1 heterocycles. The summed E-state index contributed by atoms with van der Waals surface area (Å²) in [5.74, 6) is 1.10. The molecule has 172 valence electrons. The van der Waals surface area contributed by atoms with E-state index in [1.54, 1.807) is 25.6 Å². The fourth-order valence-electron chi connectivity index (χ4n) is 3.44. The van der Waals surface area contributed by atoms with Crippen molar-refractivity contribution in [3.63, 3.8) is 0 Å². The van der Waals surface area contributed by atoms with Gasteiger partial charge in [-0.05, 0) is 48.8 Å². The maximum absolute atomic E-state index is 13.1.